The van der Waals surface area contributed by atoms with Gasteiger partial charge in [-0.3, -0.25) is 4.79 Å². The third-order valence-corrected chi connectivity index (χ3v) is 4.60. The van der Waals surface area contributed by atoms with Crippen molar-refractivity contribution < 1.29 is 14.7 Å². The monoisotopic (exact) mass is 334 g/mol. The third-order valence-electron chi connectivity index (χ3n) is 3.56. The van der Waals surface area contributed by atoms with Crippen LogP contribution in [0, 0.1) is 5.92 Å². The molecule has 0 unspecified atom stereocenters. The Bertz CT molecular complexity index is 709. The van der Waals surface area contributed by atoms with Crippen LogP contribution in [0.2, 0.25) is 0 Å². The van der Waals surface area contributed by atoms with E-state index in [-0.39, 0.29) is 17.6 Å². The molecule has 1 aromatic heterocycles. The molecular formula is C17H22N2O3S. The normalized spacial score (nSPS) is 12.5. The van der Waals surface area contributed by atoms with Gasteiger partial charge >= 0.3 is 5.97 Å². The van der Waals surface area contributed by atoms with Crippen LogP contribution in [-0.4, -0.2) is 33.3 Å². The Morgan fingerprint density at radius 1 is 1.30 bits per heavy atom. The number of aliphatic carboxylic acids is 1. The highest BCUT2D eigenvalue weighted by Crippen LogP contribution is 2.29. The summed E-state index contributed by atoms with van der Waals surface area (Å²) in [4.78, 5) is 24.3. The first kappa shape index (κ1) is 17.4. The summed E-state index contributed by atoms with van der Waals surface area (Å²) in [5.74, 6) is -0.823. The van der Waals surface area contributed by atoms with Crippen LogP contribution >= 0.6 is 11.8 Å². The van der Waals surface area contributed by atoms with Crippen LogP contribution in [-0.2, 0) is 16.6 Å². The van der Waals surface area contributed by atoms with Crippen LogP contribution in [0.1, 0.15) is 20.3 Å². The minimum absolute atomic E-state index is 0.204. The molecule has 0 aliphatic rings. The van der Waals surface area contributed by atoms with Crippen molar-refractivity contribution >= 4 is 34.5 Å². The van der Waals surface area contributed by atoms with Gasteiger partial charge in [-0.25, -0.2) is 4.79 Å². The van der Waals surface area contributed by atoms with Gasteiger partial charge in [0, 0.05) is 29.0 Å². The molecule has 0 bridgehead atoms. The first-order valence-electron chi connectivity index (χ1n) is 7.57. The fraction of sp³-hybridized carbons (Fsp3) is 0.412. The number of rotatable bonds is 7. The van der Waals surface area contributed by atoms with Crippen molar-refractivity contribution in [1.29, 1.82) is 0 Å². The zero-order chi connectivity index (χ0) is 17.0. The molecule has 1 amide bonds. The molecule has 6 heteroatoms. The topological polar surface area (TPSA) is 71.3 Å². The van der Waals surface area contributed by atoms with Gasteiger partial charge < -0.3 is 15.0 Å². The van der Waals surface area contributed by atoms with Crippen molar-refractivity contribution in [3.63, 3.8) is 0 Å². The number of benzene rings is 1. The lowest BCUT2D eigenvalue weighted by atomic mass is 10.0. The average molecular weight is 334 g/mol. The summed E-state index contributed by atoms with van der Waals surface area (Å²) in [6.07, 6.45) is 2.42. The number of amides is 1. The van der Waals surface area contributed by atoms with Gasteiger partial charge in [-0.2, -0.15) is 0 Å². The number of nitrogens with zero attached hydrogens (tertiary/aromatic N) is 1. The highest BCUT2D eigenvalue weighted by molar-refractivity contribution is 8.00. The van der Waals surface area contributed by atoms with Crippen LogP contribution in [0.4, 0.5) is 0 Å². The van der Waals surface area contributed by atoms with Crippen molar-refractivity contribution in [3.05, 3.63) is 30.5 Å². The van der Waals surface area contributed by atoms with Gasteiger partial charge in [0.25, 0.3) is 0 Å². The highest BCUT2D eigenvalue weighted by atomic mass is 32.2. The van der Waals surface area contributed by atoms with Gasteiger partial charge in [-0.15, -0.1) is 11.8 Å². The molecule has 1 atom stereocenters. The second kappa shape index (κ2) is 7.55. The number of carboxylic acid groups (broad SMARTS) is 1. The number of hydrogen-bond acceptors (Lipinski definition) is 3. The van der Waals surface area contributed by atoms with E-state index in [1.165, 1.54) is 11.8 Å². The smallest absolute Gasteiger partial charge is 0.326 e. The lowest BCUT2D eigenvalue weighted by molar-refractivity contribution is -0.141. The second-order valence-electron chi connectivity index (χ2n) is 6.00. The number of carbonyl (C=O) groups excluding carboxylic acids is 1. The standard InChI is InChI=1S/C17H22N2O3S/c1-11(2)8-13(17(21)22)18-16(20)10-23-15-9-19(3)14-7-5-4-6-12(14)15/h4-7,9,11,13H,8,10H2,1-3H3,(H,18,20)(H,21,22)/t13-/m0/s1. The fourth-order valence-corrected chi connectivity index (χ4v) is 3.42. The lowest BCUT2D eigenvalue weighted by Gasteiger charge is -2.16. The molecule has 2 aromatic rings. The van der Waals surface area contributed by atoms with E-state index >= 15 is 0 Å². The van der Waals surface area contributed by atoms with Crippen LogP contribution in [0.3, 0.4) is 0 Å². The Hall–Kier alpha value is -1.95. The molecule has 5 nitrogen and oxygen atoms in total. The Balaban J connectivity index is 1.99. The summed E-state index contributed by atoms with van der Waals surface area (Å²) in [5.41, 5.74) is 1.11. The van der Waals surface area contributed by atoms with E-state index in [2.05, 4.69) is 5.32 Å². The van der Waals surface area contributed by atoms with Crippen LogP contribution in [0.15, 0.2) is 35.4 Å². The molecule has 0 spiro atoms. The third kappa shape index (κ3) is 4.51. The molecule has 2 rings (SSSR count). The summed E-state index contributed by atoms with van der Waals surface area (Å²) in [5, 5.41) is 12.9. The summed E-state index contributed by atoms with van der Waals surface area (Å²) in [6.45, 7) is 3.87. The number of carboxylic acids is 1. The number of aromatic nitrogens is 1. The van der Waals surface area contributed by atoms with Crippen LogP contribution in [0.5, 0.6) is 0 Å². The van der Waals surface area contributed by atoms with Gasteiger partial charge in [0.05, 0.1) is 5.75 Å². The van der Waals surface area contributed by atoms with Gasteiger partial charge in [0.1, 0.15) is 6.04 Å². The van der Waals surface area contributed by atoms with Crippen LogP contribution < -0.4 is 5.32 Å². The number of carbonyl (C=O) groups is 2. The van der Waals surface area contributed by atoms with E-state index in [1.54, 1.807) is 0 Å². The summed E-state index contributed by atoms with van der Waals surface area (Å²) >= 11 is 1.43. The van der Waals surface area contributed by atoms with E-state index in [0.29, 0.717) is 6.42 Å². The molecule has 0 saturated heterocycles. The van der Waals surface area contributed by atoms with Crippen LogP contribution in [0.25, 0.3) is 10.9 Å². The number of para-hydroxylation sites is 1. The molecule has 1 heterocycles. The maximum atomic E-state index is 12.1. The average Bonchev–Trinajstić information content (AvgIpc) is 2.81. The largest absolute Gasteiger partial charge is 0.480 e. The zero-order valence-corrected chi connectivity index (χ0v) is 14.4. The summed E-state index contributed by atoms with van der Waals surface area (Å²) < 4.78 is 2.02. The highest BCUT2D eigenvalue weighted by Gasteiger charge is 2.21. The summed E-state index contributed by atoms with van der Waals surface area (Å²) in [6, 6.07) is 7.18. The van der Waals surface area contributed by atoms with E-state index in [4.69, 9.17) is 0 Å². The van der Waals surface area contributed by atoms with Crippen molar-refractivity contribution in [2.75, 3.05) is 5.75 Å². The minimum atomic E-state index is -0.984. The minimum Gasteiger partial charge on any atom is -0.480 e. The van der Waals surface area contributed by atoms with Gasteiger partial charge in [0.2, 0.25) is 5.91 Å². The Morgan fingerprint density at radius 2 is 2.00 bits per heavy atom. The van der Waals surface area contributed by atoms with E-state index in [0.717, 1.165) is 15.8 Å². The maximum Gasteiger partial charge on any atom is 0.326 e. The molecule has 0 aliphatic carbocycles. The predicted octanol–water partition coefficient (Wildman–Crippen LogP) is 2.89. The van der Waals surface area contributed by atoms with Gasteiger partial charge in [-0.05, 0) is 18.4 Å². The van der Waals surface area contributed by atoms with E-state index < -0.39 is 12.0 Å². The number of nitrogens with one attached hydrogen (secondary N) is 1. The second-order valence-corrected chi connectivity index (χ2v) is 7.02. The molecular weight excluding hydrogens is 312 g/mol. The number of thioether (sulfide) groups is 1. The zero-order valence-electron chi connectivity index (χ0n) is 13.6. The van der Waals surface area contributed by atoms with Crippen molar-refractivity contribution in [1.82, 2.24) is 9.88 Å². The van der Waals surface area contributed by atoms with E-state index in [1.807, 2.05) is 55.9 Å². The van der Waals surface area contributed by atoms with Crippen molar-refractivity contribution in [2.24, 2.45) is 13.0 Å². The first-order chi connectivity index (χ1) is 10.9. The Labute approximate surface area is 140 Å². The first-order valence-corrected chi connectivity index (χ1v) is 8.56. The van der Waals surface area contributed by atoms with Gasteiger partial charge in [-0.1, -0.05) is 32.0 Å². The van der Waals surface area contributed by atoms with Crippen molar-refractivity contribution in [2.45, 2.75) is 31.2 Å². The Morgan fingerprint density at radius 3 is 2.65 bits per heavy atom. The molecule has 0 aliphatic heterocycles. The molecule has 23 heavy (non-hydrogen) atoms. The molecule has 0 radical (unpaired) electrons. The number of hydrogen-bond donors (Lipinski definition) is 2. The predicted molar refractivity (Wildman–Crippen MR) is 92.7 cm³/mol. The molecule has 1 aromatic carbocycles. The van der Waals surface area contributed by atoms with E-state index in [9.17, 15) is 14.7 Å². The molecule has 124 valence electrons. The fourth-order valence-electron chi connectivity index (χ4n) is 2.49. The Kier molecular flexibility index (Phi) is 5.71. The molecule has 2 N–H and O–H groups in total. The quantitative estimate of drug-likeness (QED) is 0.764. The number of aryl methyl sites for hydroxylation is 1. The maximum absolute atomic E-state index is 12.1. The SMILES string of the molecule is CC(C)C[C@H](NC(=O)CSc1cn(C)c2ccccc12)C(=O)O. The van der Waals surface area contributed by atoms with Crippen molar-refractivity contribution in [3.8, 4) is 0 Å². The molecule has 0 fully saturated rings. The lowest BCUT2D eigenvalue weighted by Crippen LogP contribution is -2.42. The van der Waals surface area contributed by atoms with Gasteiger partial charge in [0.15, 0.2) is 0 Å². The summed E-state index contributed by atoms with van der Waals surface area (Å²) in [7, 11) is 1.97. The number of fused-ring (bicyclic) bond motifs is 1. The molecule has 0 saturated carbocycles.